The number of allylic oxidation sites excluding steroid dienone is 12. The Morgan fingerprint density at radius 2 is 0.950 bits per heavy atom. The van der Waals surface area contributed by atoms with E-state index in [1.165, 1.54) is 44.9 Å². The minimum Gasteiger partial charge on any atom is -0.756 e. The van der Waals surface area contributed by atoms with Crippen LogP contribution < -0.4 is 4.89 Å². The minimum atomic E-state index is -4.64. The van der Waals surface area contributed by atoms with Crippen LogP contribution in [0.25, 0.3) is 0 Å². The molecule has 0 spiro atoms. The molecule has 2 unspecified atom stereocenters. The molecular formula is C50H88NO8P. The van der Waals surface area contributed by atoms with Crippen LogP contribution in [0.15, 0.2) is 72.9 Å². The number of esters is 2. The zero-order valence-electron chi connectivity index (χ0n) is 38.9. The first-order valence-electron chi connectivity index (χ1n) is 23.6. The Balaban J connectivity index is 4.38. The lowest BCUT2D eigenvalue weighted by Gasteiger charge is -2.28. The summed E-state index contributed by atoms with van der Waals surface area (Å²) in [6.07, 6.45) is 52.1. The lowest BCUT2D eigenvalue weighted by atomic mass is 10.1. The van der Waals surface area contributed by atoms with Crippen molar-refractivity contribution in [3.05, 3.63) is 72.9 Å². The Bertz CT molecular complexity index is 1250. The zero-order chi connectivity index (χ0) is 44.3. The van der Waals surface area contributed by atoms with E-state index in [4.69, 9.17) is 18.5 Å². The molecule has 0 saturated carbocycles. The van der Waals surface area contributed by atoms with E-state index < -0.39 is 32.5 Å². The van der Waals surface area contributed by atoms with E-state index in [-0.39, 0.29) is 26.1 Å². The molecule has 0 radical (unpaired) electrons. The summed E-state index contributed by atoms with van der Waals surface area (Å²) in [5.41, 5.74) is 0. The number of hydrogen-bond donors (Lipinski definition) is 0. The molecule has 0 aromatic carbocycles. The van der Waals surface area contributed by atoms with Gasteiger partial charge in [-0.1, -0.05) is 157 Å². The molecule has 10 heteroatoms. The Hall–Kier alpha value is -2.55. The molecule has 0 bridgehead atoms. The molecular weight excluding hydrogens is 774 g/mol. The standard InChI is InChI=1S/C50H88NO8P/c1-6-8-10-12-14-16-18-20-22-23-24-25-26-27-29-31-33-35-37-39-41-43-50(53)59-48(47-58-60(54,55)57-45-44-51(3,4)5)46-56-49(52)42-40-38-36-34-32-30-28-21-19-17-15-13-11-9-7-2/h8,10,14,16,20-22,24-25,27-29,48H,6-7,9,11-13,15,17-19,23,26,30-47H2,1-5H3/b10-8-,16-14-,22-20-,25-24-,28-21-,29-27-. The SMILES string of the molecule is CC/C=C\C/C=C\C/C=C\C/C=C\C/C=C\CCCCCCCC(=O)OC(COC(=O)CCCCCCC/C=C\CCCCCCCC)COP(=O)([O-])OCC[N+](C)(C)C. The highest BCUT2D eigenvalue weighted by Gasteiger charge is 2.21. The molecule has 9 nitrogen and oxygen atoms in total. The van der Waals surface area contributed by atoms with Crippen LogP contribution in [0, 0.1) is 0 Å². The largest absolute Gasteiger partial charge is 0.756 e. The lowest BCUT2D eigenvalue weighted by molar-refractivity contribution is -0.870. The van der Waals surface area contributed by atoms with E-state index in [0.717, 1.165) is 96.3 Å². The van der Waals surface area contributed by atoms with Gasteiger partial charge in [0.1, 0.15) is 19.8 Å². The second-order valence-corrected chi connectivity index (χ2v) is 18.1. The number of carbonyl (C=O) groups is 2. The fourth-order valence-corrected chi connectivity index (χ4v) is 6.76. The molecule has 0 rings (SSSR count). The number of likely N-dealkylation sites (N-methyl/N-ethyl adjacent to an activating group) is 1. The number of hydrogen-bond acceptors (Lipinski definition) is 8. The molecule has 0 saturated heterocycles. The molecule has 0 fully saturated rings. The van der Waals surface area contributed by atoms with Crippen molar-refractivity contribution in [2.24, 2.45) is 0 Å². The van der Waals surface area contributed by atoms with Crippen LogP contribution in [0.1, 0.15) is 181 Å². The molecule has 0 aliphatic carbocycles. The molecule has 0 aliphatic heterocycles. The average molecular weight is 862 g/mol. The number of quaternary nitrogens is 1. The van der Waals surface area contributed by atoms with Crippen LogP contribution in [0.5, 0.6) is 0 Å². The first-order valence-corrected chi connectivity index (χ1v) is 25.1. The van der Waals surface area contributed by atoms with Crippen molar-refractivity contribution in [1.82, 2.24) is 0 Å². The quantitative estimate of drug-likeness (QED) is 0.0196. The molecule has 2 atom stereocenters. The highest BCUT2D eigenvalue weighted by atomic mass is 31.2. The van der Waals surface area contributed by atoms with Gasteiger partial charge in [0.05, 0.1) is 27.7 Å². The fourth-order valence-electron chi connectivity index (χ4n) is 6.03. The van der Waals surface area contributed by atoms with E-state index in [1.54, 1.807) is 0 Å². The summed E-state index contributed by atoms with van der Waals surface area (Å²) >= 11 is 0. The normalized spacial score (nSPS) is 14.2. The second-order valence-electron chi connectivity index (χ2n) is 16.7. The number of ether oxygens (including phenoxy) is 2. The van der Waals surface area contributed by atoms with Gasteiger partial charge in [-0.25, -0.2) is 0 Å². The van der Waals surface area contributed by atoms with E-state index >= 15 is 0 Å². The molecule has 0 N–H and O–H groups in total. The Morgan fingerprint density at radius 3 is 1.43 bits per heavy atom. The van der Waals surface area contributed by atoms with Crippen LogP contribution in [0.2, 0.25) is 0 Å². The predicted octanol–water partition coefficient (Wildman–Crippen LogP) is 13.2. The van der Waals surface area contributed by atoms with Crippen molar-refractivity contribution >= 4 is 19.8 Å². The Morgan fingerprint density at radius 1 is 0.533 bits per heavy atom. The molecule has 0 aromatic heterocycles. The second kappa shape index (κ2) is 41.8. The van der Waals surface area contributed by atoms with Gasteiger partial charge in [-0.15, -0.1) is 0 Å². The third-order valence-electron chi connectivity index (χ3n) is 9.71. The van der Waals surface area contributed by atoms with Gasteiger partial charge < -0.3 is 27.9 Å². The van der Waals surface area contributed by atoms with Crippen LogP contribution in [-0.4, -0.2) is 70.0 Å². The molecule has 0 aromatic rings. The topological polar surface area (TPSA) is 111 Å². The molecule has 60 heavy (non-hydrogen) atoms. The van der Waals surface area contributed by atoms with Gasteiger partial charge in [-0.2, -0.15) is 0 Å². The first kappa shape index (κ1) is 57.4. The maximum absolute atomic E-state index is 12.7. The molecule has 346 valence electrons. The number of carbonyl (C=O) groups excluding carboxylic acids is 2. The maximum Gasteiger partial charge on any atom is 0.306 e. The van der Waals surface area contributed by atoms with Crippen molar-refractivity contribution in [2.45, 2.75) is 187 Å². The van der Waals surface area contributed by atoms with E-state index in [9.17, 15) is 19.0 Å². The summed E-state index contributed by atoms with van der Waals surface area (Å²) in [6.45, 7) is 4.07. The summed E-state index contributed by atoms with van der Waals surface area (Å²) in [4.78, 5) is 37.6. The number of nitrogens with zero attached hydrogens (tertiary/aromatic N) is 1. The number of phosphoric acid groups is 1. The predicted molar refractivity (Wildman–Crippen MR) is 249 cm³/mol. The third-order valence-corrected chi connectivity index (χ3v) is 10.7. The van der Waals surface area contributed by atoms with Crippen molar-refractivity contribution in [1.29, 1.82) is 0 Å². The Kier molecular flexibility index (Phi) is 40.0. The summed E-state index contributed by atoms with van der Waals surface area (Å²) in [5.74, 6) is -0.870. The third kappa shape index (κ3) is 45.0. The van der Waals surface area contributed by atoms with Crippen LogP contribution in [-0.2, 0) is 32.7 Å². The number of unbranched alkanes of at least 4 members (excludes halogenated alkanes) is 16. The summed E-state index contributed by atoms with van der Waals surface area (Å²) in [6, 6.07) is 0. The van der Waals surface area contributed by atoms with Crippen molar-refractivity contribution < 1.29 is 42.1 Å². The van der Waals surface area contributed by atoms with Crippen LogP contribution >= 0.6 is 7.82 Å². The van der Waals surface area contributed by atoms with Gasteiger partial charge in [-0.3, -0.25) is 14.2 Å². The van der Waals surface area contributed by atoms with Gasteiger partial charge in [0.25, 0.3) is 7.82 Å². The summed E-state index contributed by atoms with van der Waals surface area (Å²) in [7, 11) is 1.14. The van der Waals surface area contributed by atoms with Gasteiger partial charge in [0.2, 0.25) is 0 Å². The van der Waals surface area contributed by atoms with Gasteiger partial charge in [0.15, 0.2) is 6.10 Å². The molecule has 0 aliphatic rings. The molecule has 0 amide bonds. The van der Waals surface area contributed by atoms with Gasteiger partial charge >= 0.3 is 11.9 Å². The summed E-state index contributed by atoms with van der Waals surface area (Å²) in [5, 5.41) is 0. The lowest BCUT2D eigenvalue weighted by Crippen LogP contribution is -2.37. The minimum absolute atomic E-state index is 0.0397. The maximum atomic E-state index is 12.7. The number of phosphoric ester groups is 1. The highest BCUT2D eigenvalue weighted by molar-refractivity contribution is 7.45. The fraction of sp³-hybridized carbons (Fsp3) is 0.720. The van der Waals surface area contributed by atoms with Gasteiger partial charge in [-0.05, 0) is 83.5 Å². The highest BCUT2D eigenvalue weighted by Crippen LogP contribution is 2.38. The van der Waals surface area contributed by atoms with Crippen molar-refractivity contribution in [3.8, 4) is 0 Å². The smallest absolute Gasteiger partial charge is 0.306 e. The van der Waals surface area contributed by atoms with Crippen LogP contribution in [0.3, 0.4) is 0 Å². The van der Waals surface area contributed by atoms with E-state index in [0.29, 0.717) is 23.9 Å². The van der Waals surface area contributed by atoms with E-state index in [2.05, 4.69) is 86.8 Å². The first-order chi connectivity index (χ1) is 29.0. The van der Waals surface area contributed by atoms with Gasteiger partial charge in [0, 0.05) is 12.8 Å². The summed E-state index contributed by atoms with van der Waals surface area (Å²) < 4.78 is 33.9. The Labute approximate surface area is 368 Å². The zero-order valence-corrected chi connectivity index (χ0v) is 39.8. The molecule has 0 heterocycles. The van der Waals surface area contributed by atoms with E-state index in [1.807, 2.05) is 21.1 Å². The van der Waals surface area contributed by atoms with Crippen molar-refractivity contribution in [2.75, 3.05) is 47.5 Å². The van der Waals surface area contributed by atoms with Crippen molar-refractivity contribution in [3.63, 3.8) is 0 Å². The monoisotopic (exact) mass is 862 g/mol. The van der Waals surface area contributed by atoms with Crippen LogP contribution in [0.4, 0.5) is 0 Å². The average Bonchev–Trinajstić information content (AvgIpc) is 3.20. The number of rotatable bonds is 42.